The minimum Gasteiger partial charge on any atom is -0.484 e. The SMILES string of the molecule is O=C(COc1ccc(F)cc1)NC1CC2CCC1C2. The lowest BCUT2D eigenvalue weighted by molar-refractivity contribution is -0.124. The molecule has 0 radical (unpaired) electrons. The van der Waals surface area contributed by atoms with E-state index in [2.05, 4.69) is 5.32 Å². The molecule has 2 fully saturated rings. The zero-order valence-electron chi connectivity index (χ0n) is 10.8. The molecule has 3 unspecified atom stereocenters. The molecule has 3 rings (SSSR count). The molecule has 0 spiro atoms. The number of amides is 1. The van der Waals surface area contributed by atoms with Crippen molar-refractivity contribution >= 4 is 5.91 Å². The van der Waals surface area contributed by atoms with Gasteiger partial charge in [0.05, 0.1) is 0 Å². The molecule has 2 saturated carbocycles. The minimum absolute atomic E-state index is 0.000477. The topological polar surface area (TPSA) is 38.3 Å². The molecule has 0 heterocycles. The van der Waals surface area contributed by atoms with Crippen molar-refractivity contribution in [2.45, 2.75) is 31.7 Å². The quantitative estimate of drug-likeness (QED) is 0.906. The molecular weight excluding hydrogens is 245 g/mol. The average molecular weight is 263 g/mol. The van der Waals surface area contributed by atoms with Crippen LogP contribution in [0.5, 0.6) is 5.75 Å². The first-order chi connectivity index (χ1) is 9.20. The van der Waals surface area contributed by atoms with Gasteiger partial charge in [-0.15, -0.1) is 0 Å². The van der Waals surface area contributed by atoms with Crippen molar-refractivity contribution in [1.29, 1.82) is 0 Å². The van der Waals surface area contributed by atoms with Crippen LogP contribution in [0.25, 0.3) is 0 Å². The fourth-order valence-electron chi connectivity index (χ4n) is 3.35. The molecule has 19 heavy (non-hydrogen) atoms. The molecule has 2 aliphatic rings. The molecule has 3 nitrogen and oxygen atoms in total. The van der Waals surface area contributed by atoms with Gasteiger partial charge in [-0.3, -0.25) is 4.79 Å². The first kappa shape index (κ1) is 12.5. The largest absolute Gasteiger partial charge is 0.484 e. The summed E-state index contributed by atoms with van der Waals surface area (Å²) in [5.74, 6) is 1.61. The Hall–Kier alpha value is -1.58. The zero-order valence-corrected chi connectivity index (χ0v) is 10.8. The van der Waals surface area contributed by atoms with Crippen molar-refractivity contribution in [2.75, 3.05) is 6.61 Å². The third-order valence-electron chi connectivity index (χ3n) is 4.27. The Labute approximate surface area is 112 Å². The van der Waals surface area contributed by atoms with Crippen molar-refractivity contribution in [1.82, 2.24) is 5.32 Å². The molecule has 1 amide bonds. The molecule has 2 aliphatic carbocycles. The van der Waals surface area contributed by atoms with E-state index in [9.17, 15) is 9.18 Å². The summed E-state index contributed by atoms with van der Waals surface area (Å²) in [4.78, 5) is 11.8. The number of carbonyl (C=O) groups is 1. The highest BCUT2D eigenvalue weighted by Gasteiger charge is 2.40. The summed E-state index contributed by atoms with van der Waals surface area (Å²) in [5.41, 5.74) is 0. The van der Waals surface area contributed by atoms with Gasteiger partial charge in [-0.05, 0) is 55.4 Å². The molecule has 0 aromatic heterocycles. The Kier molecular flexibility index (Phi) is 3.40. The Morgan fingerprint density at radius 3 is 2.68 bits per heavy atom. The number of hydrogen-bond donors (Lipinski definition) is 1. The van der Waals surface area contributed by atoms with Crippen LogP contribution < -0.4 is 10.1 Å². The summed E-state index contributed by atoms with van der Waals surface area (Å²) in [7, 11) is 0. The molecule has 0 saturated heterocycles. The fraction of sp³-hybridized carbons (Fsp3) is 0.533. The van der Waals surface area contributed by atoms with Crippen LogP contribution in [0.2, 0.25) is 0 Å². The summed E-state index contributed by atoms with van der Waals surface area (Å²) in [6.07, 6.45) is 4.95. The smallest absolute Gasteiger partial charge is 0.258 e. The fourth-order valence-corrected chi connectivity index (χ4v) is 3.35. The van der Waals surface area contributed by atoms with E-state index < -0.39 is 0 Å². The lowest BCUT2D eigenvalue weighted by Crippen LogP contribution is -2.40. The number of fused-ring (bicyclic) bond motifs is 2. The summed E-state index contributed by atoms with van der Waals surface area (Å²) in [5, 5.41) is 3.05. The van der Waals surface area contributed by atoms with Crippen molar-refractivity contribution in [3.63, 3.8) is 0 Å². The van der Waals surface area contributed by atoms with Crippen LogP contribution in [0, 0.1) is 17.7 Å². The summed E-state index contributed by atoms with van der Waals surface area (Å²) >= 11 is 0. The van der Waals surface area contributed by atoms with Crippen molar-refractivity contribution < 1.29 is 13.9 Å². The zero-order chi connectivity index (χ0) is 13.2. The Balaban J connectivity index is 1.45. The van der Waals surface area contributed by atoms with Gasteiger partial charge in [-0.25, -0.2) is 4.39 Å². The van der Waals surface area contributed by atoms with Gasteiger partial charge in [0, 0.05) is 6.04 Å². The number of ether oxygens (including phenoxy) is 1. The van der Waals surface area contributed by atoms with Crippen LogP contribution in [-0.2, 0) is 4.79 Å². The third kappa shape index (κ3) is 2.88. The van der Waals surface area contributed by atoms with E-state index in [1.165, 1.54) is 43.5 Å². The van der Waals surface area contributed by atoms with Gasteiger partial charge >= 0.3 is 0 Å². The Morgan fingerprint density at radius 2 is 2.05 bits per heavy atom. The molecule has 1 aromatic carbocycles. The second-order valence-electron chi connectivity index (χ2n) is 5.59. The normalized spacial score (nSPS) is 28.4. The number of nitrogens with one attached hydrogen (secondary N) is 1. The maximum absolute atomic E-state index is 12.7. The van der Waals surface area contributed by atoms with E-state index in [-0.39, 0.29) is 18.3 Å². The summed E-state index contributed by atoms with van der Waals surface area (Å²) in [6.45, 7) is -0.000477. The first-order valence-corrected chi connectivity index (χ1v) is 6.88. The number of halogens is 1. The molecule has 102 valence electrons. The highest BCUT2D eigenvalue weighted by atomic mass is 19.1. The molecule has 3 atom stereocenters. The van der Waals surface area contributed by atoms with Crippen molar-refractivity contribution in [3.05, 3.63) is 30.1 Å². The van der Waals surface area contributed by atoms with Crippen LogP contribution in [0.3, 0.4) is 0 Å². The standard InChI is InChI=1S/C15H18FNO2/c16-12-3-5-13(6-4-12)19-9-15(18)17-14-8-10-1-2-11(14)7-10/h3-6,10-11,14H,1-2,7-9H2,(H,17,18). The Morgan fingerprint density at radius 1 is 1.26 bits per heavy atom. The van der Waals surface area contributed by atoms with Crippen molar-refractivity contribution in [3.8, 4) is 5.75 Å². The van der Waals surface area contributed by atoms with E-state index in [0.717, 1.165) is 12.3 Å². The monoisotopic (exact) mass is 263 g/mol. The van der Waals surface area contributed by atoms with E-state index in [1.54, 1.807) is 0 Å². The van der Waals surface area contributed by atoms with Gasteiger partial charge in [0.15, 0.2) is 6.61 Å². The van der Waals surface area contributed by atoms with Crippen LogP contribution in [0.15, 0.2) is 24.3 Å². The lowest BCUT2D eigenvalue weighted by atomic mass is 9.95. The van der Waals surface area contributed by atoms with Gasteiger partial charge in [-0.2, -0.15) is 0 Å². The van der Waals surface area contributed by atoms with Crippen LogP contribution in [0.4, 0.5) is 4.39 Å². The molecule has 4 heteroatoms. The van der Waals surface area contributed by atoms with Crippen LogP contribution in [0.1, 0.15) is 25.7 Å². The summed E-state index contributed by atoms with van der Waals surface area (Å²) in [6, 6.07) is 6.04. The van der Waals surface area contributed by atoms with Gasteiger partial charge in [-0.1, -0.05) is 6.42 Å². The average Bonchev–Trinajstić information content (AvgIpc) is 3.00. The highest BCUT2D eigenvalue weighted by molar-refractivity contribution is 5.77. The first-order valence-electron chi connectivity index (χ1n) is 6.88. The molecule has 1 aromatic rings. The lowest BCUT2D eigenvalue weighted by Gasteiger charge is -2.22. The van der Waals surface area contributed by atoms with Crippen molar-refractivity contribution in [2.24, 2.45) is 11.8 Å². The van der Waals surface area contributed by atoms with Gasteiger partial charge < -0.3 is 10.1 Å². The summed E-state index contributed by atoms with van der Waals surface area (Å²) < 4.78 is 18.0. The molecular formula is C15H18FNO2. The number of benzene rings is 1. The molecule has 1 N–H and O–H groups in total. The maximum atomic E-state index is 12.7. The van der Waals surface area contributed by atoms with Gasteiger partial charge in [0.25, 0.3) is 5.91 Å². The highest BCUT2D eigenvalue weighted by Crippen LogP contribution is 2.44. The molecule has 2 bridgehead atoms. The maximum Gasteiger partial charge on any atom is 0.258 e. The van der Waals surface area contributed by atoms with E-state index in [4.69, 9.17) is 4.74 Å². The predicted octanol–water partition coefficient (Wildman–Crippen LogP) is 2.51. The van der Waals surface area contributed by atoms with E-state index in [0.29, 0.717) is 17.7 Å². The minimum atomic E-state index is -0.307. The second kappa shape index (κ2) is 5.19. The number of hydrogen-bond acceptors (Lipinski definition) is 2. The molecule has 0 aliphatic heterocycles. The van der Waals surface area contributed by atoms with E-state index >= 15 is 0 Å². The predicted molar refractivity (Wildman–Crippen MR) is 69.3 cm³/mol. The Bertz CT molecular complexity index is 460. The van der Waals surface area contributed by atoms with E-state index in [1.807, 2.05) is 0 Å². The number of carbonyl (C=O) groups excluding carboxylic acids is 1. The van der Waals surface area contributed by atoms with Crippen LogP contribution >= 0.6 is 0 Å². The third-order valence-corrected chi connectivity index (χ3v) is 4.27. The van der Waals surface area contributed by atoms with Crippen LogP contribution in [-0.4, -0.2) is 18.6 Å². The van der Waals surface area contributed by atoms with Gasteiger partial charge in [0.1, 0.15) is 11.6 Å². The van der Waals surface area contributed by atoms with Gasteiger partial charge in [0.2, 0.25) is 0 Å². The number of rotatable bonds is 4. The second-order valence-corrected chi connectivity index (χ2v) is 5.59.